The highest BCUT2D eigenvalue weighted by Crippen LogP contribution is 2.42. The Bertz CT molecular complexity index is 631. The molecule has 0 heterocycles. The standard InChI is InChI=1S/C17H20ClNO4/c1-19(15(21)9-10-16(22)23)17(11-5-4-8-14(17)20)12-6-2-3-7-13(12)18/h2-3,6-7H,4-5,8-11H2,1H3,(H,22,23). The zero-order chi connectivity index (χ0) is 17.0. The number of carboxylic acid groups (broad SMARTS) is 1. The monoisotopic (exact) mass is 337 g/mol. The first-order valence-corrected chi connectivity index (χ1v) is 8.04. The summed E-state index contributed by atoms with van der Waals surface area (Å²) in [6, 6.07) is 7.04. The Morgan fingerprint density at radius 3 is 2.57 bits per heavy atom. The molecule has 0 saturated heterocycles. The number of carbonyl (C=O) groups is 3. The molecule has 0 bridgehead atoms. The molecule has 2 rings (SSSR count). The fourth-order valence-electron chi connectivity index (χ4n) is 3.22. The zero-order valence-electron chi connectivity index (χ0n) is 13.0. The third-order valence-corrected chi connectivity index (χ3v) is 4.80. The third-order valence-electron chi connectivity index (χ3n) is 4.47. The van der Waals surface area contributed by atoms with E-state index in [1.807, 2.05) is 0 Å². The Morgan fingerprint density at radius 1 is 1.26 bits per heavy atom. The van der Waals surface area contributed by atoms with Gasteiger partial charge in [0.2, 0.25) is 5.91 Å². The molecule has 1 aromatic carbocycles. The van der Waals surface area contributed by atoms with Gasteiger partial charge in [-0.3, -0.25) is 14.4 Å². The summed E-state index contributed by atoms with van der Waals surface area (Å²) in [4.78, 5) is 37.3. The Balaban J connectivity index is 2.42. The van der Waals surface area contributed by atoms with E-state index in [-0.39, 0.29) is 24.5 Å². The minimum atomic E-state index is -1.09. The number of aliphatic carboxylic acids is 1. The molecule has 0 radical (unpaired) electrons. The highest BCUT2D eigenvalue weighted by Gasteiger charge is 2.47. The van der Waals surface area contributed by atoms with Crippen LogP contribution in [0, 0.1) is 0 Å². The number of rotatable bonds is 5. The predicted octanol–water partition coefficient (Wildman–Crippen LogP) is 3.00. The molecule has 1 unspecified atom stereocenters. The molecular formula is C17H20ClNO4. The molecule has 0 aliphatic heterocycles. The van der Waals surface area contributed by atoms with Crippen molar-refractivity contribution in [2.45, 2.75) is 44.1 Å². The Morgan fingerprint density at radius 2 is 1.96 bits per heavy atom. The average Bonchev–Trinajstić information content (AvgIpc) is 2.53. The lowest BCUT2D eigenvalue weighted by Gasteiger charge is -2.44. The molecule has 124 valence electrons. The number of halogens is 1. The van der Waals surface area contributed by atoms with Crippen molar-refractivity contribution in [3.8, 4) is 0 Å². The summed E-state index contributed by atoms with van der Waals surface area (Å²) < 4.78 is 0. The van der Waals surface area contributed by atoms with Gasteiger partial charge in [-0.2, -0.15) is 0 Å². The number of nitrogens with zero attached hydrogens (tertiary/aromatic N) is 1. The van der Waals surface area contributed by atoms with Crippen LogP contribution < -0.4 is 0 Å². The summed E-state index contributed by atoms with van der Waals surface area (Å²) >= 11 is 6.30. The van der Waals surface area contributed by atoms with E-state index in [1.165, 1.54) is 4.90 Å². The molecular weight excluding hydrogens is 318 g/mol. The van der Waals surface area contributed by atoms with E-state index in [4.69, 9.17) is 16.7 Å². The molecule has 1 fully saturated rings. The molecule has 1 atom stereocenters. The summed E-state index contributed by atoms with van der Waals surface area (Å²) in [5.41, 5.74) is -0.468. The fourth-order valence-corrected chi connectivity index (χ4v) is 3.52. The van der Waals surface area contributed by atoms with Gasteiger partial charge in [-0.25, -0.2) is 0 Å². The lowest BCUT2D eigenvalue weighted by molar-refractivity contribution is -0.149. The first kappa shape index (κ1) is 17.5. The number of carbonyl (C=O) groups excluding carboxylic acids is 2. The molecule has 0 spiro atoms. The van der Waals surface area contributed by atoms with Crippen LogP contribution in [-0.4, -0.2) is 34.7 Å². The van der Waals surface area contributed by atoms with E-state index < -0.39 is 11.5 Å². The minimum absolute atomic E-state index is 0.0389. The van der Waals surface area contributed by atoms with Gasteiger partial charge >= 0.3 is 5.97 Å². The van der Waals surface area contributed by atoms with E-state index in [9.17, 15) is 14.4 Å². The summed E-state index contributed by atoms with van der Waals surface area (Å²) in [6.07, 6.45) is 2.11. The number of likely N-dealkylation sites (N-methyl/N-ethyl adjacent to an activating group) is 1. The number of hydrogen-bond donors (Lipinski definition) is 1. The van der Waals surface area contributed by atoms with E-state index in [0.29, 0.717) is 23.4 Å². The Kier molecular flexibility index (Phi) is 5.42. The lowest BCUT2D eigenvalue weighted by atomic mass is 9.74. The SMILES string of the molecule is CN(C(=O)CCC(=O)O)C1(c2ccccc2Cl)CCCCC1=O. The predicted molar refractivity (Wildman–Crippen MR) is 86.2 cm³/mol. The van der Waals surface area contributed by atoms with Crippen molar-refractivity contribution in [3.63, 3.8) is 0 Å². The third kappa shape index (κ3) is 3.39. The number of Topliss-reactive ketones (excluding diaryl/α,β-unsaturated/α-hetero) is 1. The van der Waals surface area contributed by atoms with Crippen LogP contribution in [-0.2, 0) is 19.9 Å². The minimum Gasteiger partial charge on any atom is -0.481 e. The van der Waals surface area contributed by atoms with Crippen LogP contribution in [0.4, 0.5) is 0 Å². The maximum atomic E-state index is 12.8. The van der Waals surface area contributed by atoms with Crippen LogP contribution in [0.1, 0.15) is 44.1 Å². The van der Waals surface area contributed by atoms with Gasteiger partial charge < -0.3 is 10.0 Å². The zero-order valence-corrected chi connectivity index (χ0v) is 13.8. The second-order valence-corrected chi connectivity index (χ2v) is 6.22. The van der Waals surface area contributed by atoms with Crippen molar-refractivity contribution in [2.24, 2.45) is 0 Å². The summed E-state index contributed by atoms with van der Waals surface area (Å²) in [5.74, 6) is -1.43. The average molecular weight is 338 g/mol. The molecule has 0 aromatic heterocycles. The van der Waals surface area contributed by atoms with E-state index in [0.717, 1.165) is 12.8 Å². The van der Waals surface area contributed by atoms with Crippen LogP contribution in [0.3, 0.4) is 0 Å². The van der Waals surface area contributed by atoms with Crippen LogP contribution >= 0.6 is 11.6 Å². The van der Waals surface area contributed by atoms with Gasteiger partial charge in [-0.05, 0) is 25.3 Å². The molecule has 1 aromatic rings. The number of hydrogen-bond acceptors (Lipinski definition) is 3. The van der Waals surface area contributed by atoms with Crippen molar-refractivity contribution in [1.82, 2.24) is 4.90 Å². The van der Waals surface area contributed by atoms with Gasteiger partial charge in [0.15, 0.2) is 5.78 Å². The van der Waals surface area contributed by atoms with Crippen molar-refractivity contribution in [1.29, 1.82) is 0 Å². The maximum absolute atomic E-state index is 12.8. The van der Waals surface area contributed by atoms with Crippen molar-refractivity contribution >= 4 is 29.3 Å². The first-order chi connectivity index (χ1) is 10.9. The number of benzene rings is 1. The van der Waals surface area contributed by atoms with Crippen LogP contribution in [0.25, 0.3) is 0 Å². The Labute approximate surface area is 140 Å². The van der Waals surface area contributed by atoms with Gasteiger partial charge in [-0.15, -0.1) is 0 Å². The quantitative estimate of drug-likeness (QED) is 0.896. The molecule has 23 heavy (non-hydrogen) atoms. The second-order valence-electron chi connectivity index (χ2n) is 5.82. The van der Waals surface area contributed by atoms with Gasteiger partial charge in [0, 0.05) is 30.5 Å². The fraction of sp³-hybridized carbons (Fsp3) is 0.471. The Hall–Kier alpha value is -1.88. The van der Waals surface area contributed by atoms with Crippen LogP contribution in [0.15, 0.2) is 24.3 Å². The summed E-state index contributed by atoms with van der Waals surface area (Å²) in [5, 5.41) is 9.22. The highest BCUT2D eigenvalue weighted by molar-refractivity contribution is 6.31. The van der Waals surface area contributed by atoms with Gasteiger partial charge in [-0.1, -0.05) is 29.8 Å². The van der Waals surface area contributed by atoms with Gasteiger partial charge in [0.05, 0.1) is 6.42 Å². The molecule has 1 amide bonds. The maximum Gasteiger partial charge on any atom is 0.303 e. The molecule has 1 saturated carbocycles. The number of amides is 1. The first-order valence-electron chi connectivity index (χ1n) is 7.66. The molecule has 6 heteroatoms. The largest absolute Gasteiger partial charge is 0.481 e. The van der Waals surface area contributed by atoms with Gasteiger partial charge in [0.25, 0.3) is 0 Å². The second kappa shape index (κ2) is 7.13. The van der Waals surface area contributed by atoms with Crippen LogP contribution in [0.5, 0.6) is 0 Å². The molecule has 5 nitrogen and oxygen atoms in total. The van der Waals surface area contributed by atoms with Crippen molar-refractivity contribution < 1.29 is 19.5 Å². The van der Waals surface area contributed by atoms with E-state index in [1.54, 1.807) is 31.3 Å². The van der Waals surface area contributed by atoms with Gasteiger partial charge in [0.1, 0.15) is 5.54 Å². The molecule has 1 aliphatic rings. The lowest BCUT2D eigenvalue weighted by Crippen LogP contribution is -2.54. The molecule has 1 aliphatic carbocycles. The smallest absolute Gasteiger partial charge is 0.303 e. The highest BCUT2D eigenvalue weighted by atomic mass is 35.5. The molecule has 1 N–H and O–H groups in total. The van der Waals surface area contributed by atoms with Crippen molar-refractivity contribution in [2.75, 3.05) is 7.05 Å². The van der Waals surface area contributed by atoms with Crippen LogP contribution in [0.2, 0.25) is 5.02 Å². The summed E-state index contributed by atoms with van der Waals surface area (Å²) in [6.45, 7) is 0. The van der Waals surface area contributed by atoms with E-state index >= 15 is 0 Å². The van der Waals surface area contributed by atoms with Crippen molar-refractivity contribution in [3.05, 3.63) is 34.9 Å². The topological polar surface area (TPSA) is 74.7 Å². The van der Waals surface area contributed by atoms with E-state index in [2.05, 4.69) is 0 Å². The normalized spacial score (nSPS) is 21.0. The summed E-state index contributed by atoms with van der Waals surface area (Å²) in [7, 11) is 1.57. The number of ketones is 1. The number of carboxylic acids is 1.